The molecule has 3 heteroatoms. The van der Waals surface area contributed by atoms with Gasteiger partial charge < -0.3 is 9.73 Å². The molecule has 2 rings (SSSR count). The molecule has 18 heavy (non-hydrogen) atoms. The van der Waals surface area contributed by atoms with E-state index >= 15 is 0 Å². The lowest BCUT2D eigenvalue weighted by Gasteiger charge is -2.31. The minimum absolute atomic E-state index is 0.189. The summed E-state index contributed by atoms with van der Waals surface area (Å²) in [6.07, 6.45) is 4.43. The molecule has 0 spiro atoms. The van der Waals surface area contributed by atoms with Crippen molar-refractivity contribution < 1.29 is 4.42 Å². The highest BCUT2D eigenvalue weighted by Crippen LogP contribution is 2.30. The number of nitrogens with one attached hydrogen (secondary N) is 1. The van der Waals surface area contributed by atoms with Gasteiger partial charge in [-0.25, -0.2) is 0 Å². The van der Waals surface area contributed by atoms with E-state index in [2.05, 4.69) is 44.0 Å². The van der Waals surface area contributed by atoms with Crippen molar-refractivity contribution in [3.05, 3.63) is 24.2 Å². The maximum Gasteiger partial charge on any atom is 0.117 e. The summed E-state index contributed by atoms with van der Waals surface area (Å²) in [5.41, 5.74) is 0.189. The molecule has 102 valence electrons. The van der Waals surface area contributed by atoms with Crippen LogP contribution in [0.1, 0.15) is 46.3 Å². The average molecular weight is 250 g/mol. The number of hydrogen-bond acceptors (Lipinski definition) is 3. The van der Waals surface area contributed by atoms with Gasteiger partial charge in [0.05, 0.1) is 12.8 Å². The largest absolute Gasteiger partial charge is 0.468 e. The average Bonchev–Trinajstić information content (AvgIpc) is 2.99. The fourth-order valence-corrected chi connectivity index (χ4v) is 2.20. The number of furan rings is 1. The van der Waals surface area contributed by atoms with E-state index in [-0.39, 0.29) is 5.54 Å². The van der Waals surface area contributed by atoms with Gasteiger partial charge in [-0.05, 0) is 52.7 Å². The van der Waals surface area contributed by atoms with E-state index in [0.717, 1.165) is 24.9 Å². The Balaban J connectivity index is 1.89. The summed E-state index contributed by atoms with van der Waals surface area (Å²) in [5, 5.41) is 3.59. The molecule has 1 aliphatic rings. The molecule has 0 saturated heterocycles. The molecule has 1 heterocycles. The van der Waals surface area contributed by atoms with E-state index in [9.17, 15) is 0 Å². The van der Waals surface area contributed by atoms with Crippen LogP contribution in [0.3, 0.4) is 0 Å². The highest BCUT2D eigenvalue weighted by Gasteiger charge is 2.32. The molecule has 0 aromatic carbocycles. The highest BCUT2D eigenvalue weighted by atomic mass is 16.3. The SMILES string of the molecule is CC(CNC(C)(C)C)N(Cc1ccco1)C1CC1. The van der Waals surface area contributed by atoms with E-state index in [1.165, 1.54) is 12.8 Å². The number of hydrogen-bond donors (Lipinski definition) is 1. The number of nitrogens with zero attached hydrogens (tertiary/aromatic N) is 1. The minimum atomic E-state index is 0.189. The Morgan fingerprint density at radius 2 is 2.17 bits per heavy atom. The van der Waals surface area contributed by atoms with Gasteiger partial charge in [0.1, 0.15) is 5.76 Å². The predicted octanol–water partition coefficient (Wildman–Crippen LogP) is 3.02. The minimum Gasteiger partial charge on any atom is -0.468 e. The first-order valence-corrected chi connectivity index (χ1v) is 6.99. The zero-order valence-electron chi connectivity index (χ0n) is 12.1. The molecule has 1 unspecified atom stereocenters. The fraction of sp³-hybridized carbons (Fsp3) is 0.733. The zero-order chi connectivity index (χ0) is 13.2. The smallest absolute Gasteiger partial charge is 0.117 e. The molecule has 1 N–H and O–H groups in total. The summed E-state index contributed by atoms with van der Waals surface area (Å²) in [6.45, 7) is 10.9. The Bertz CT molecular complexity index is 349. The maximum absolute atomic E-state index is 5.48. The Morgan fingerprint density at radius 3 is 2.67 bits per heavy atom. The van der Waals surface area contributed by atoms with Crippen molar-refractivity contribution in [2.75, 3.05) is 6.54 Å². The normalized spacial score (nSPS) is 18.3. The van der Waals surface area contributed by atoms with Crippen LogP contribution in [0.5, 0.6) is 0 Å². The first-order chi connectivity index (χ1) is 8.46. The lowest BCUT2D eigenvalue weighted by molar-refractivity contribution is 0.164. The summed E-state index contributed by atoms with van der Waals surface area (Å²) in [5.74, 6) is 1.07. The highest BCUT2D eigenvalue weighted by molar-refractivity contribution is 5.00. The van der Waals surface area contributed by atoms with Crippen LogP contribution in [0.25, 0.3) is 0 Å². The van der Waals surface area contributed by atoms with Crippen molar-refractivity contribution in [1.29, 1.82) is 0 Å². The third kappa shape index (κ3) is 4.14. The van der Waals surface area contributed by atoms with Crippen LogP contribution >= 0.6 is 0 Å². The van der Waals surface area contributed by atoms with Gasteiger partial charge in [0.25, 0.3) is 0 Å². The van der Waals surface area contributed by atoms with Gasteiger partial charge in [-0.3, -0.25) is 4.90 Å². The molecule has 1 aromatic heterocycles. The van der Waals surface area contributed by atoms with Crippen LogP contribution in [-0.4, -0.2) is 29.1 Å². The summed E-state index contributed by atoms with van der Waals surface area (Å²) < 4.78 is 5.48. The van der Waals surface area contributed by atoms with E-state index < -0.39 is 0 Å². The molecule has 0 amide bonds. The van der Waals surface area contributed by atoms with Gasteiger partial charge in [-0.1, -0.05) is 0 Å². The Morgan fingerprint density at radius 1 is 1.44 bits per heavy atom. The first kappa shape index (κ1) is 13.6. The summed E-state index contributed by atoms with van der Waals surface area (Å²) in [7, 11) is 0. The Hall–Kier alpha value is -0.800. The van der Waals surface area contributed by atoms with Crippen molar-refractivity contribution in [1.82, 2.24) is 10.2 Å². The summed E-state index contributed by atoms with van der Waals surface area (Å²) >= 11 is 0. The molecular formula is C15H26N2O. The van der Waals surface area contributed by atoms with E-state index in [1.807, 2.05) is 6.07 Å². The molecule has 0 bridgehead atoms. The first-order valence-electron chi connectivity index (χ1n) is 6.99. The molecule has 1 saturated carbocycles. The van der Waals surface area contributed by atoms with Crippen molar-refractivity contribution in [3.63, 3.8) is 0 Å². The Kier molecular flexibility index (Phi) is 4.13. The van der Waals surface area contributed by atoms with Crippen LogP contribution in [0.4, 0.5) is 0 Å². The van der Waals surface area contributed by atoms with Crippen molar-refractivity contribution >= 4 is 0 Å². The van der Waals surface area contributed by atoms with E-state index in [4.69, 9.17) is 4.42 Å². The quantitative estimate of drug-likeness (QED) is 0.841. The second-order valence-electron chi connectivity index (χ2n) is 6.46. The maximum atomic E-state index is 5.48. The van der Waals surface area contributed by atoms with E-state index in [1.54, 1.807) is 6.26 Å². The van der Waals surface area contributed by atoms with Gasteiger partial charge >= 0.3 is 0 Å². The molecule has 1 aliphatic carbocycles. The third-order valence-electron chi connectivity index (χ3n) is 3.43. The molecule has 0 radical (unpaired) electrons. The lowest BCUT2D eigenvalue weighted by Crippen LogP contribution is -2.46. The van der Waals surface area contributed by atoms with Crippen molar-refractivity contribution in [2.45, 2.75) is 64.7 Å². The monoisotopic (exact) mass is 250 g/mol. The predicted molar refractivity (Wildman–Crippen MR) is 74.5 cm³/mol. The van der Waals surface area contributed by atoms with Crippen LogP contribution < -0.4 is 5.32 Å². The topological polar surface area (TPSA) is 28.4 Å². The lowest BCUT2D eigenvalue weighted by atomic mass is 10.1. The van der Waals surface area contributed by atoms with Crippen molar-refractivity contribution in [3.8, 4) is 0 Å². The van der Waals surface area contributed by atoms with Gasteiger partial charge in [-0.2, -0.15) is 0 Å². The molecular weight excluding hydrogens is 224 g/mol. The second-order valence-corrected chi connectivity index (χ2v) is 6.46. The van der Waals surface area contributed by atoms with Crippen LogP contribution in [0.2, 0.25) is 0 Å². The molecule has 1 atom stereocenters. The molecule has 1 aromatic rings. The van der Waals surface area contributed by atoms with Crippen LogP contribution in [-0.2, 0) is 6.54 Å². The third-order valence-corrected chi connectivity index (χ3v) is 3.43. The van der Waals surface area contributed by atoms with Gasteiger partial charge in [-0.15, -0.1) is 0 Å². The van der Waals surface area contributed by atoms with Gasteiger partial charge in [0.15, 0.2) is 0 Å². The molecule has 1 fully saturated rings. The van der Waals surface area contributed by atoms with Gasteiger partial charge in [0.2, 0.25) is 0 Å². The summed E-state index contributed by atoms with van der Waals surface area (Å²) in [6, 6.07) is 5.34. The van der Waals surface area contributed by atoms with E-state index in [0.29, 0.717) is 6.04 Å². The van der Waals surface area contributed by atoms with Crippen molar-refractivity contribution in [2.24, 2.45) is 0 Å². The fourth-order valence-electron chi connectivity index (χ4n) is 2.20. The Labute approximate surface area is 111 Å². The van der Waals surface area contributed by atoms with Crippen LogP contribution in [0, 0.1) is 0 Å². The number of rotatable bonds is 6. The van der Waals surface area contributed by atoms with Crippen LogP contribution in [0.15, 0.2) is 22.8 Å². The second kappa shape index (κ2) is 5.45. The zero-order valence-corrected chi connectivity index (χ0v) is 12.1. The molecule has 3 nitrogen and oxygen atoms in total. The molecule has 0 aliphatic heterocycles. The van der Waals surface area contributed by atoms with Gasteiger partial charge in [0, 0.05) is 24.2 Å². The standard InChI is InChI=1S/C15H26N2O/c1-12(10-16-15(2,3)4)17(13-7-8-13)11-14-6-5-9-18-14/h5-6,9,12-13,16H,7-8,10-11H2,1-4H3. The summed E-state index contributed by atoms with van der Waals surface area (Å²) in [4.78, 5) is 2.57.